The first-order chi connectivity index (χ1) is 9.99. The molecule has 1 aromatic carbocycles. The van der Waals surface area contributed by atoms with Gasteiger partial charge in [0.25, 0.3) is 0 Å². The molecule has 1 unspecified atom stereocenters. The Morgan fingerprint density at radius 3 is 2.43 bits per heavy atom. The number of carbonyl (C=O) groups is 1. The van der Waals surface area contributed by atoms with Crippen molar-refractivity contribution in [1.82, 2.24) is 4.90 Å². The van der Waals surface area contributed by atoms with Gasteiger partial charge in [-0.3, -0.25) is 4.90 Å². The van der Waals surface area contributed by atoms with Crippen molar-refractivity contribution in [3.05, 3.63) is 42.0 Å². The van der Waals surface area contributed by atoms with Gasteiger partial charge in [0.1, 0.15) is 0 Å². The zero-order valence-corrected chi connectivity index (χ0v) is 13.3. The Hall–Kier alpha value is -1.77. The third-order valence-electron chi connectivity index (χ3n) is 4.48. The van der Waals surface area contributed by atoms with Crippen LogP contribution >= 0.6 is 0 Å². The van der Waals surface area contributed by atoms with Gasteiger partial charge >= 0.3 is 6.03 Å². The molecule has 1 fully saturated rings. The highest BCUT2D eigenvalue weighted by Crippen LogP contribution is 2.38. The first-order valence-corrected chi connectivity index (χ1v) is 7.84. The summed E-state index contributed by atoms with van der Waals surface area (Å²) in [5, 5.41) is 0. The lowest BCUT2D eigenvalue weighted by molar-refractivity contribution is 0.185. The van der Waals surface area contributed by atoms with Crippen LogP contribution in [0.3, 0.4) is 0 Å². The molecule has 3 nitrogen and oxygen atoms in total. The number of fused-ring (bicyclic) bond motifs is 1. The number of rotatable bonds is 3. The summed E-state index contributed by atoms with van der Waals surface area (Å²) >= 11 is 0. The standard InChI is InChI=1S/C18H24N2O/c1-12(2)11-19-17-14(4)7-10-16(17)20(18(19)21)15-8-5-13(3)6-9-15/h5-10,12,14,16-17H,11H2,1-4H3/t14-,16-,17?/m0/s1. The molecule has 0 N–H and O–H groups in total. The molecule has 3 rings (SSSR count). The summed E-state index contributed by atoms with van der Waals surface area (Å²) in [6.07, 6.45) is 4.45. The Balaban J connectivity index is 1.95. The van der Waals surface area contributed by atoms with Crippen molar-refractivity contribution >= 4 is 11.7 Å². The summed E-state index contributed by atoms with van der Waals surface area (Å²) in [6.45, 7) is 9.45. The summed E-state index contributed by atoms with van der Waals surface area (Å²) in [4.78, 5) is 16.9. The topological polar surface area (TPSA) is 23.6 Å². The van der Waals surface area contributed by atoms with Crippen molar-refractivity contribution in [3.8, 4) is 0 Å². The Morgan fingerprint density at radius 2 is 1.81 bits per heavy atom. The van der Waals surface area contributed by atoms with Crippen molar-refractivity contribution in [2.24, 2.45) is 11.8 Å². The molecule has 0 saturated carbocycles. The fraction of sp³-hybridized carbons (Fsp3) is 0.500. The van der Waals surface area contributed by atoms with Gasteiger partial charge in [-0.15, -0.1) is 0 Å². The Morgan fingerprint density at radius 1 is 1.14 bits per heavy atom. The molecule has 0 bridgehead atoms. The second-order valence-corrected chi connectivity index (χ2v) is 6.76. The zero-order valence-electron chi connectivity index (χ0n) is 13.3. The largest absolute Gasteiger partial charge is 0.325 e. The maximum atomic E-state index is 12.9. The van der Waals surface area contributed by atoms with Crippen LogP contribution in [0.25, 0.3) is 0 Å². The molecule has 0 radical (unpaired) electrons. The molecule has 112 valence electrons. The Bertz CT molecular complexity index is 561. The minimum absolute atomic E-state index is 0.152. The second kappa shape index (κ2) is 5.21. The summed E-state index contributed by atoms with van der Waals surface area (Å²) in [5.74, 6) is 0.911. The van der Waals surface area contributed by atoms with Crippen molar-refractivity contribution in [1.29, 1.82) is 0 Å². The van der Waals surface area contributed by atoms with E-state index in [0.29, 0.717) is 11.8 Å². The predicted molar refractivity (Wildman–Crippen MR) is 86.5 cm³/mol. The van der Waals surface area contributed by atoms with E-state index < -0.39 is 0 Å². The van der Waals surface area contributed by atoms with E-state index in [1.165, 1.54) is 5.56 Å². The Labute approximate surface area is 127 Å². The smallest absolute Gasteiger partial charge is 0.318 e. The number of aryl methyl sites for hydroxylation is 1. The first-order valence-electron chi connectivity index (χ1n) is 7.84. The lowest BCUT2D eigenvalue weighted by Gasteiger charge is -2.27. The molecule has 1 aliphatic heterocycles. The van der Waals surface area contributed by atoms with Gasteiger partial charge in [0.05, 0.1) is 12.1 Å². The molecule has 1 aliphatic carbocycles. The molecule has 2 aliphatic rings. The highest BCUT2D eigenvalue weighted by molar-refractivity contribution is 5.96. The SMILES string of the molecule is Cc1ccc(N2C(=O)N(CC(C)C)C3[C@@H](C)C=C[C@@H]32)cc1. The van der Waals surface area contributed by atoms with E-state index in [4.69, 9.17) is 0 Å². The van der Waals surface area contributed by atoms with Crippen LogP contribution in [-0.4, -0.2) is 29.6 Å². The summed E-state index contributed by atoms with van der Waals surface area (Å²) in [7, 11) is 0. The van der Waals surface area contributed by atoms with Gasteiger partial charge in [-0.05, 0) is 30.9 Å². The van der Waals surface area contributed by atoms with Gasteiger partial charge in [-0.1, -0.05) is 50.6 Å². The fourth-order valence-corrected chi connectivity index (χ4v) is 3.51. The van der Waals surface area contributed by atoms with Gasteiger partial charge < -0.3 is 4.90 Å². The maximum Gasteiger partial charge on any atom is 0.325 e. The number of benzene rings is 1. The minimum atomic E-state index is 0.152. The normalized spacial score (nSPS) is 27.9. The second-order valence-electron chi connectivity index (χ2n) is 6.76. The van der Waals surface area contributed by atoms with E-state index in [1.807, 2.05) is 4.90 Å². The van der Waals surface area contributed by atoms with Crippen molar-refractivity contribution in [3.63, 3.8) is 0 Å². The molecule has 21 heavy (non-hydrogen) atoms. The van der Waals surface area contributed by atoms with Crippen LogP contribution in [0.4, 0.5) is 10.5 Å². The average molecular weight is 284 g/mol. The third kappa shape index (κ3) is 2.35. The maximum absolute atomic E-state index is 12.9. The number of amides is 2. The number of nitrogens with zero attached hydrogens (tertiary/aromatic N) is 2. The molecule has 1 saturated heterocycles. The van der Waals surface area contributed by atoms with E-state index in [1.54, 1.807) is 0 Å². The van der Waals surface area contributed by atoms with E-state index in [0.717, 1.165) is 12.2 Å². The molecule has 0 aromatic heterocycles. The number of urea groups is 1. The van der Waals surface area contributed by atoms with E-state index >= 15 is 0 Å². The average Bonchev–Trinajstić information content (AvgIpc) is 2.91. The number of carbonyl (C=O) groups excluding carboxylic acids is 1. The highest BCUT2D eigenvalue weighted by Gasteiger charge is 2.49. The summed E-state index contributed by atoms with van der Waals surface area (Å²) in [5.41, 5.74) is 2.22. The quantitative estimate of drug-likeness (QED) is 0.774. The molecular weight excluding hydrogens is 260 g/mol. The lowest BCUT2D eigenvalue weighted by atomic mass is 10.0. The lowest BCUT2D eigenvalue weighted by Crippen LogP contribution is -2.40. The fourth-order valence-electron chi connectivity index (χ4n) is 3.51. The molecule has 3 heteroatoms. The van der Waals surface area contributed by atoms with Crippen molar-refractivity contribution < 1.29 is 4.79 Å². The predicted octanol–water partition coefficient (Wildman–Crippen LogP) is 3.84. The van der Waals surface area contributed by atoms with Crippen LogP contribution < -0.4 is 4.90 Å². The van der Waals surface area contributed by atoms with E-state index in [-0.39, 0.29) is 18.1 Å². The number of anilines is 1. The van der Waals surface area contributed by atoms with Gasteiger partial charge in [-0.25, -0.2) is 4.79 Å². The number of hydrogen-bond acceptors (Lipinski definition) is 1. The van der Waals surface area contributed by atoms with Crippen LogP contribution in [0.5, 0.6) is 0 Å². The van der Waals surface area contributed by atoms with Gasteiger partial charge in [0.15, 0.2) is 0 Å². The third-order valence-corrected chi connectivity index (χ3v) is 4.48. The van der Waals surface area contributed by atoms with Crippen LogP contribution in [0.15, 0.2) is 36.4 Å². The Kier molecular flexibility index (Phi) is 3.52. The van der Waals surface area contributed by atoms with Gasteiger partial charge in [0.2, 0.25) is 0 Å². The van der Waals surface area contributed by atoms with Crippen LogP contribution in [0.2, 0.25) is 0 Å². The molecule has 3 atom stereocenters. The van der Waals surface area contributed by atoms with Crippen LogP contribution in [0.1, 0.15) is 26.3 Å². The van der Waals surface area contributed by atoms with Gasteiger partial charge in [0, 0.05) is 12.2 Å². The highest BCUT2D eigenvalue weighted by atomic mass is 16.2. The molecule has 0 spiro atoms. The minimum Gasteiger partial charge on any atom is -0.318 e. The zero-order chi connectivity index (χ0) is 15.1. The number of hydrogen-bond donors (Lipinski definition) is 0. The van der Waals surface area contributed by atoms with Gasteiger partial charge in [-0.2, -0.15) is 0 Å². The van der Waals surface area contributed by atoms with E-state index in [9.17, 15) is 4.79 Å². The molecular formula is C18H24N2O. The molecule has 2 amide bonds. The van der Waals surface area contributed by atoms with Crippen LogP contribution in [-0.2, 0) is 0 Å². The molecule has 1 heterocycles. The molecule has 1 aromatic rings. The van der Waals surface area contributed by atoms with Crippen LogP contribution in [0, 0.1) is 18.8 Å². The monoisotopic (exact) mass is 284 g/mol. The van der Waals surface area contributed by atoms with Crippen molar-refractivity contribution in [2.45, 2.75) is 39.8 Å². The summed E-state index contributed by atoms with van der Waals surface area (Å²) in [6, 6.07) is 8.87. The van der Waals surface area contributed by atoms with Crippen molar-refractivity contribution in [2.75, 3.05) is 11.4 Å². The summed E-state index contributed by atoms with van der Waals surface area (Å²) < 4.78 is 0. The first kappa shape index (κ1) is 14.2. The van der Waals surface area contributed by atoms with E-state index in [2.05, 4.69) is 69.0 Å².